The van der Waals surface area contributed by atoms with E-state index in [1.165, 1.54) is 13.2 Å². The van der Waals surface area contributed by atoms with E-state index in [4.69, 9.17) is 4.74 Å². The van der Waals surface area contributed by atoms with E-state index in [9.17, 15) is 9.90 Å². The normalized spacial score (nSPS) is 10.5. The van der Waals surface area contributed by atoms with Gasteiger partial charge in [-0.1, -0.05) is 36.4 Å². The molecule has 2 N–H and O–H groups in total. The Bertz CT molecular complexity index is 636. The number of phenolic OH excluding ortho intramolecular Hbond substituents is 1. The lowest BCUT2D eigenvalue weighted by molar-refractivity contribution is -0.116. The molecule has 0 atom stereocenters. The van der Waals surface area contributed by atoms with Crippen molar-refractivity contribution in [2.24, 2.45) is 0 Å². The molecule has 0 saturated carbocycles. The maximum absolute atomic E-state index is 11.7. The molecule has 2 aromatic rings. The molecular weight excluding hydrogens is 266 g/mol. The molecular formula is C17H17NO3. The molecule has 4 nitrogen and oxygen atoms in total. The molecule has 1 amide bonds. The van der Waals surface area contributed by atoms with Crippen LogP contribution in [0.3, 0.4) is 0 Å². The largest absolute Gasteiger partial charge is 0.504 e. The number of ether oxygens (including phenoxy) is 1. The average molecular weight is 283 g/mol. The number of phenols is 1. The molecule has 0 aliphatic carbocycles. The Hall–Kier alpha value is -2.75. The van der Waals surface area contributed by atoms with Gasteiger partial charge in [0.05, 0.1) is 7.11 Å². The lowest BCUT2D eigenvalue weighted by Crippen LogP contribution is -2.20. The van der Waals surface area contributed by atoms with Crippen molar-refractivity contribution in [3.05, 3.63) is 65.7 Å². The molecule has 108 valence electrons. The van der Waals surface area contributed by atoms with Gasteiger partial charge < -0.3 is 15.2 Å². The topological polar surface area (TPSA) is 58.6 Å². The van der Waals surface area contributed by atoms with Crippen molar-refractivity contribution >= 4 is 12.0 Å². The maximum atomic E-state index is 11.7. The van der Waals surface area contributed by atoms with Crippen molar-refractivity contribution in [1.29, 1.82) is 0 Å². The summed E-state index contributed by atoms with van der Waals surface area (Å²) in [5, 5.41) is 12.4. The lowest BCUT2D eigenvalue weighted by Gasteiger charge is -2.04. The van der Waals surface area contributed by atoms with Gasteiger partial charge in [0.25, 0.3) is 0 Å². The van der Waals surface area contributed by atoms with Gasteiger partial charge in [-0.25, -0.2) is 0 Å². The first-order valence-corrected chi connectivity index (χ1v) is 6.56. The van der Waals surface area contributed by atoms with Crippen LogP contribution in [0.25, 0.3) is 6.08 Å². The highest BCUT2D eigenvalue weighted by Gasteiger charge is 2.01. The molecule has 0 aliphatic rings. The zero-order valence-corrected chi connectivity index (χ0v) is 11.7. The smallest absolute Gasteiger partial charge is 0.244 e. The SMILES string of the molecule is COc1ccc(/C=C/C(=O)NCc2ccccc2)cc1O. The van der Waals surface area contributed by atoms with Gasteiger partial charge in [-0.3, -0.25) is 4.79 Å². The third-order valence-corrected chi connectivity index (χ3v) is 2.94. The van der Waals surface area contributed by atoms with Gasteiger partial charge in [0.2, 0.25) is 5.91 Å². The first kappa shape index (κ1) is 14.7. The minimum Gasteiger partial charge on any atom is -0.504 e. The van der Waals surface area contributed by atoms with Crippen LogP contribution in [0, 0.1) is 0 Å². The first-order valence-electron chi connectivity index (χ1n) is 6.56. The van der Waals surface area contributed by atoms with E-state index in [0.717, 1.165) is 11.1 Å². The maximum Gasteiger partial charge on any atom is 0.244 e. The van der Waals surface area contributed by atoms with Crippen molar-refractivity contribution < 1.29 is 14.6 Å². The standard InChI is InChI=1S/C17H17NO3/c1-21-16-9-7-13(11-15(16)19)8-10-17(20)18-12-14-5-3-2-4-6-14/h2-11,19H,12H2,1H3,(H,18,20)/b10-8+. The summed E-state index contributed by atoms with van der Waals surface area (Å²) in [5.74, 6) is 0.263. The molecule has 0 fully saturated rings. The van der Waals surface area contributed by atoms with Crippen molar-refractivity contribution in [2.45, 2.75) is 6.54 Å². The number of aromatic hydroxyl groups is 1. The fourth-order valence-electron chi connectivity index (χ4n) is 1.83. The van der Waals surface area contributed by atoms with Crippen LogP contribution in [-0.4, -0.2) is 18.1 Å². The Balaban J connectivity index is 1.91. The molecule has 0 aromatic heterocycles. The molecule has 0 aliphatic heterocycles. The van der Waals surface area contributed by atoms with E-state index in [2.05, 4.69) is 5.32 Å². The van der Waals surface area contributed by atoms with Gasteiger partial charge in [0, 0.05) is 12.6 Å². The molecule has 0 saturated heterocycles. The molecule has 0 spiro atoms. The van der Waals surface area contributed by atoms with E-state index < -0.39 is 0 Å². The van der Waals surface area contributed by atoms with Crippen LogP contribution in [0.2, 0.25) is 0 Å². The van der Waals surface area contributed by atoms with Crippen LogP contribution < -0.4 is 10.1 Å². The number of rotatable bonds is 5. The van der Waals surface area contributed by atoms with Crippen LogP contribution in [0.1, 0.15) is 11.1 Å². The van der Waals surface area contributed by atoms with Crippen molar-refractivity contribution in [3.63, 3.8) is 0 Å². The molecule has 2 aromatic carbocycles. The number of hydrogen-bond donors (Lipinski definition) is 2. The van der Waals surface area contributed by atoms with Gasteiger partial charge in [-0.2, -0.15) is 0 Å². The summed E-state index contributed by atoms with van der Waals surface area (Å²) in [4.78, 5) is 11.7. The highest BCUT2D eigenvalue weighted by atomic mass is 16.5. The van der Waals surface area contributed by atoms with Gasteiger partial charge in [0.15, 0.2) is 11.5 Å². The van der Waals surface area contributed by atoms with Crippen LogP contribution in [0.15, 0.2) is 54.6 Å². The zero-order chi connectivity index (χ0) is 15.1. The van der Waals surface area contributed by atoms with Gasteiger partial charge >= 0.3 is 0 Å². The number of nitrogens with one attached hydrogen (secondary N) is 1. The molecule has 0 heterocycles. The summed E-state index contributed by atoms with van der Waals surface area (Å²) >= 11 is 0. The van der Waals surface area contributed by atoms with Crippen LogP contribution in [0.5, 0.6) is 11.5 Å². The number of methoxy groups -OCH3 is 1. The molecule has 4 heteroatoms. The van der Waals surface area contributed by atoms with Gasteiger partial charge in [0.1, 0.15) is 0 Å². The molecule has 0 radical (unpaired) electrons. The fourth-order valence-corrected chi connectivity index (χ4v) is 1.83. The Morgan fingerprint density at radius 3 is 2.67 bits per heavy atom. The van der Waals surface area contributed by atoms with Crippen LogP contribution in [0.4, 0.5) is 0 Å². The Labute approximate surface area is 123 Å². The van der Waals surface area contributed by atoms with E-state index in [0.29, 0.717) is 12.3 Å². The molecule has 0 unspecified atom stereocenters. The summed E-state index contributed by atoms with van der Waals surface area (Å²) < 4.78 is 4.96. The monoisotopic (exact) mass is 283 g/mol. The minimum atomic E-state index is -0.186. The summed E-state index contributed by atoms with van der Waals surface area (Å²) in [6, 6.07) is 14.6. The predicted molar refractivity (Wildman–Crippen MR) is 82.0 cm³/mol. The van der Waals surface area contributed by atoms with E-state index in [1.807, 2.05) is 30.3 Å². The summed E-state index contributed by atoms with van der Waals surface area (Å²) in [5.41, 5.74) is 1.77. The quantitative estimate of drug-likeness (QED) is 0.829. The van der Waals surface area contributed by atoms with Crippen molar-refractivity contribution in [3.8, 4) is 11.5 Å². The average Bonchev–Trinajstić information content (AvgIpc) is 2.52. The number of hydrogen-bond acceptors (Lipinski definition) is 3. The number of benzene rings is 2. The van der Waals surface area contributed by atoms with Crippen LogP contribution in [-0.2, 0) is 11.3 Å². The third kappa shape index (κ3) is 4.38. The molecule has 0 bridgehead atoms. The van der Waals surface area contributed by atoms with E-state index in [-0.39, 0.29) is 11.7 Å². The Morgan fingerprint density at radius 1 is 1.24 bits per heavy atom. The summed E-state index contributed by atoms with van der Waals surface area (Å²) in [7, 11) is 1.49. The fraction of sp³-hybridized carbons (Fsp3) is 0.118. The Morgan fingerprint density at radius 2 is 2.00 bits per heavy atom. The molecule has 2 rings (SSSR count). The number of carbonyl (C=O) groups is 1. The summed E-state index contributed by atoms with van der Waals surface area (Å²) in [6.07, 6.45) is 3.07. The Kier molecular flexibility index (Phi) is 4.99. The van der Waals surface area contributed by atoms with Crippen molar-refractivity contribution in [1.82, 2.24) is 5.32 Å². The van der Waals surface area contributed by atoms with Gasteiger partial charge in [-0.15, -0.1) is 0 Å². The highest BCUT2D eigenvalue weighted by molar-refractivity contribution is 5.91. The first-order chi connectivity index (χ1) is 10.2. The second-order valence-electron chi connectivity index (χ2n) is 4.47. The van der Waals surface area contributed by atoms with E-state index in [1.54, 1.807) is 24.3 Å². The predicted octanol–water partition coefficient (Wildman–Crippen LogP) is 2.73. The number of amides is 1. The lowest BCUT2D eigenvalue weighted by atomic mass is 10.2. The second kappa shape index (κ2) is 7.14. The summed E-state index contributed by atoms with van der Waals surface area (Å²) in [6.45, 7) is 0.484. The minimum absolute atomic E-state index is 0.0457. The van der Waals surface area contributed by atoms with Gasteiger partial charge in [-0.05, 0) is 29.3 Å². The highest BCUT2D eigenvalue weighted by Crippen LogP contribution is 2.26. The van der Waals surface area contributed by atoms with E-state index >= 15 is 0 Å². The van der Waals surface area contributed by atoms with Crippen molar-refractivity contribution in [2.75, 3.05) is 7.11 Å². The molecule has 21 heavy (non-hydrogen) atoms. The third-order valence-electron chi connectivity index (χ3n) is 2.94. The zero-order valence-electron chi connectivity index (χ0n) is 11.7. The second-order valence-corrected chi connectivity index (χ2v) is 4.47. The van der Waals surface area contributed by atoms with Crippen LogP contribution >= 0.6 is 0 Å². The number of carbonyl (C=O) groups excluding carboxylic acids is 1.